The number of halogens is 2. The van der Waals surface area contributed by atoms with Crippen molar-refractivity contribution in [3.05, 3.63) is 81.3 Å². The highest BCUT2D eigenvalue weighted by Gasteiger charge is 2.14. The maximum Gasteiger partial charge on any atom is 0.244 e. The fourth-order valence-electron chi connectivity index (χ4n) is 3.13. The molecule has 1 heterocycles. The second kappa shape index (κ2) is 10.5. The molecule has 1 N–H and O–H groups in total. The number of hydrogen-bond acceptors (Lipinski definition) is 6. The van der Waals surface area contributed by atoms with Crippen molar-refractivity contribution in [1.82, 2.24) is 5.43 Å². The summed E-state index contributed by atoms with van der Waals surface area (Å²) >= 11 is 12.1. The van der Waals surface area contributed by atoms with E-state index in [1.54, 1.807) is 49.6 Å². The molecular weight excluding hydrogens is 467 g/mol. The maximum atomic E-state index is 12.2. The first-order valence-electron chi connectivity index (χ1n) is 9.97. The Balaban J connectivity index is 1.33. The predicted octanol–water partition coefficient (Wildman–Crippen LogP) is 5.00. The van der Waals surface area contributed by atoms with Crippen LogP contribution in [-0.4, -0.2) is 26.0 Å². The number of nitrogens with one attached hydrogen (secondary N) is 1. The Morgan fingerprint density at radius 1 is 1.06 bits per heavy atom. The van der Waals surface area contributed by atoms with Crippen molar-refractivity contribution in [2.75, 3.05) is 13.9 Å². The first-order chi connectivity index (χ1) is 16.0. The van der Waals surface area contributed by atoms with Crippen molar-refractivity contribution in [2.45, 2.75) is 13.0 Å². The van der Waals surface area contributed by atoms with Gasteiger partial charge in [0, 0.05) is 15.6 Å². The summed E-state index contributed by atoms with van der Waals surface area (Å²) < 4.78 is 21.9. The van der Waals surface area contributed by atoms with E-state index in [1.165, 1.54) is 6.21 Å². The maximum absolute atomic E-state index is 12.2. The highest BCUT2D eigenvalue weighted by Crippen LogP contribution is 2.32. The van der Waals surface area contributed by atoms with E-state index in [2.05, 4.69) is 10.5 Å². The van der Waals surface area contributed by atoms with Gasteiger partial charge in [-0.1, -0.05) is 35.3 Å². The Morgan fingerprint density at radius 2 is 1.91 bits per heavy atom. The average Bonchev–Trinajstić information content (AvgIpc) is 3.27. The number of hydrazone groups is 1. The van der Waals surface area contributed by atoms with Crippen molar-refractivity contribution >= 4 is 35.3 Å². The number of fused-ring (bicyclic) bond motifs is 1. The molecule has 0 fully saturated rings. The van der Waals surface area contributed by atoms with Crippen molar-refractivity contribution in [3.63, 3.8) is 0 Å². The van der Waals surface area contributed by atoms with Crippen LogP contribution in [0.15, 0.2) is 59.7 Å². The molecule has 9 heteroatoms. The van der Waals surface area contributed by atoms with Crippen LogP contribution in [0.3, 0.4) is 0 Å². The Labute approximate surface area is 200 Å². The zero-order chi connectivity index (χ0) is 23.2. The summed E-state index contributed by atoms with van der Waals surface area (Å²) in [4.78, 5) is 12.2. The van der Waals surface area contributed by atoms with E-state index < -0.39 is 0 Å². The highest BCUT2D eigenvalue weighted by atomic mass is 35.5. The molecule has 0 saturated heterocycles. The second-order valence-corrected chi connectivity index (χ2v) is 7.94. The molecule has 0 unspecified atom stereocenters. The first-order valence-corrected chi connectivity index (χ1v) is 10.7. The molecule has 1 aliphatic rings. The van der Waals surface area contributed by atoms with Crippen LogP contribution in [0.4, 0.5) is 0 Å². The lowest BCUT2D eigenvalue weighted by molar-refractivity contribution is -0.120. The number of hydrogen-bond donors (Lipinski definition) is 1. The Bertz CT molecular complexity index is 1200. The predicted molar refractivity (Wildman–Crippen MR) is 126 cm³/mol. The van der Waals surface area contributed by atoms with E-state index in [4.69, 9.17) is 42.1 Å². The van der Waals surface area contributed by atoms with Gasteiger partial charge in [-0.05, 0) is 53.6 Å². The van der Waals surface area contributed by atoms with E-state index in [1.807, 2.05) is 12.1 Å². The van der Waals surface area contributed by atoms with Gasteiger partial charge in [-0.15, -0.1) is 0 Å². The van der Waals surface area contributed by atoms with Gasteiger partial charge in [-0.3, -0.25) is 4.79 Å². The number of methoxy groups -OCH3 is 1. The summed E-state index contributed by atoms with van der Waals surface area (Å²) in [6.07, 6.45) is 1.69. The molecule has 3 aromatic rings. The van der Waals surface area contributed by atoms with Crippen LogP contribution in [0.2, 0.25) is 10.0 Å². The smallest absolute Gasteiger partial charge is 0.244 e. The van der Waals surface area contributed by atoms with Gasteiger partial charge in [0.05, 0.1) is 19.7 Å². The molecule has 0 aromatic heterocycles. The largest absolute Gasteiger partial charge is 0.493 e. The van der Waals surface area contributed by atoms with Crippen molar-refractivity contribution in [2.24, 2.45) is 5.10 Å². The summed E-state index contributed by atoms with van der Waals surface area (Å²) in [6, 6.07) is 15.9. The zero-order valence-corrected chi connectivity index (χ0v) is 19.2. The number of nitrogens with zero attached hydrogens (tertiary/aromatic N) is 1. The Morgan fingerprint density at radius 3 is 2.73 bits per heavy atom. The third kappa shape index (κ3) is 5.88. The number of ether oxygens (including phenoxy) is 4. The minimum atomic E-state index is -0.253. The van der Waals surface area contributed by atoms with Crippen LogP contribution >= 0.6 is 23.2 Å². The van der Waals surface area contributed by atoms with Gasteiger partial charge in [0.15, 0.2) is 23.0 Å². The van der Waals surface area contributed by atoms with Crippen LogP contribution < -0.4 is 24.4 Å². The van der Waals surface area contributed by atoms with Gasteiger partial charge in [0.1, 0.15) is 6.61 Å². The topological polar surface area (TPSA) is 78.4 Å². The van der Waals surface area contributed by atoms with E-state index in [-0.39, 0.29) is 25.7 Å². The highest BCUT2D eigenvalue weighted by molar-refractivity contribution is 6.35. The van der Waals surface area contributed by atoms with Crippen LogP contribution in [0.5, 0.6) is 23.0 Å². The number of carbonyl (C=O) groups excluding carboxylic acids is 1. The molecule has 7 nitrogen and oxygen atoms in total. The third-order valence-corrected chi connectivity index (χ3v) is 5.38. The number of carbonyl (C=O) groups is 1. The summed E-state index contributed by atoms with van der Waals surface area (Å²) in [6.45, 7) is 0.452. The molecule has 0 aliphatic carbocycles. The number of rotatable bonds is 8. The second-order valence-electron chi connectivity index (χ2n) is 7.09. The van der Waals surface area contributed by atoms with E-state index in [9.17, 15) is 4.79 Å². The molecule has 1 amide bonds. The fourth-order valence-corrected chi connectivity index (χ4v) is 3.60. The van der Waals surface area contributed by atoms with Gasteiger partial charge in [-0.2, -0.15) is 5.10 Å². The van der Waals surface area contributed by atoms with Crippen LogP contribution in [0, 0.1) is 0 Å². The Kier molecular flexibility index (Phi) is 7.22. The monoisotopic (exact) mass is 486 g/mol. The molecule has 33 heavy (non-hydrogen) atoms. The lowest BCUT2D eigenvalue weighted by Gasteiger charge is -2.12. The van der Waals surface area contributed by atoms with Crippen molar-refractivity contribution < 1.29 is 23.7 Å². The normalized spacial score (nSPS) is 12.1. The average molecular weight is 487 g/mol. The minimum absolute atomic E-state index is 0.164. The van der Waals surface area contributed by atoms with Gasteiger partial charge in [-0.25, -0.2) is 5.43 Å². The van der Waals surface area contributed by atoms with E-state index in [0.29, 0.717) is 33.0 Å². The van der Waals surface area contributed by atoms with Crippen molar-refractivity contribution in [1.29, 1.82) is 0 Å². The molecule has 3 aromatic carbocycles. The molecule has 0 spiro atoms. The number of amides is 1. The van der Waals surface area contributed by atoms with E-state index >= 15 is 0 Å². The zero-order valence-electron chi connectivity index (χ0n) is 17.6. The molecule has 4 rings (SSSR count). The summed E-state index contributed by atoms with van der Waals surface area (Å²) in [7, 11) is 1.55. The van der Waals surface area contributed by atoms with Gasteiger partial charge >= 0.3 is 0 Å². The first kappa shape index (κ1) is 22.8. The summed E-state index contributed by atoms with van der Waals surface area (Å²) in [5, 5.41) is 5.11. The molecule has 170 valence electrons. The van der Waals surface area contributed by atoms with E-state index in [0.717, 1.165) is 16.7 Å². The third-order valence-electron chi connectivity index (χ3n) is 4.79. The van der Waals surface area contributed by atoms with Crippen molar-refractivity contribution in [3.8, 4) is 23.0 Å². The quantitative estimate of drug-likeness (QED) is 0.357. The van der Waals surface area contributed by atoms with Crippen LogP contribution in [0.1, 0.15) is 16.7 Å². The fraction of sp³-hybridized carbons (Fsp3) is 0.167. The molecule has 0 radical (unpaired) electrons. The summed E-state index contributed by atoms with van der Waals surface area (Å²) in [5.41, 5.74) is 4.85. The SMILES string of the molecule is COc1cc(/C=N\NC(=O)Cc2ccc3c(c2)OCO3)ccc1OCc1ccc(Cl)cc1Cl. The summed E-state index contributed by atoms with van der Waals surface area (Å²) in [5.74, 6) is 2.13. The lowest BCUT2D eigenvalue weighted by atomic mass is 10.1. The standard InChI is InChI=1S/C24H20Cl2N2O5/c1-30-22-9-16(3-7-20(22)31-13-17-4-5-18(25)11-19(17)26)12-27-28-24(29)10-15-2-6-21-23(8-15)33-14-32-21/h2-9,11-12H,10,13-14H2,1H3,(H,28,29)/b27-12-. The molecule has 0 atom stereocenters. The minimum Gasteiger partial charge on any atom is -0.493 e. The lowest BCUT2D eigenvalue weighted by Crippen LogP contribution is -2.19. The van der Waals surface area contributed by atoms with Crippen LogP contribution in [-0.2, 0) is 17.8 Å². The number of benzene rings is 3. The van der Waals surface area contributed by atoms with Gasteiger partial charge < -0.3 is 18.9 Å². The molecule has 0 bridgehead atoms. The molecule has 1 aliphatic heterocycles. The van der Waals surface area contributed by atoms with Gasteiger partial charge in [0.2, 0.25) is 12.7 Å². The van der Waals surface area contributed by atoms with Crippen LogP contribution in [0.25, 0.3) is 0 Å². The van der Waals surface area contributed by atoms with Gasteiger partial charge in [0.25, 0.3) is 0 Å². The molecular formula is C24H20Cl2N2O5. The Hall–Kier alpha value is -3.42. The molecule has 0 saturated carbocycles.